The smallest absolute Gasteiger partial charge is 0.408 e. The molecule has 1 saturated carbocycles. The van der Waals surface area contributed by atoms with E-state index < -0.39 is 5.76 Å². The second kappa shape index (κ2) is 5.85. The van der Waals surface area contributed by atoms with Gasteiger partial charge < -0.3 is 14.1 Å². The van der Waals surface area contributed by atoms with E-state index in [1.165, 1.54) is 17.4 Å². The molecule has 0 spiro atoms. The quantitative estimate of drug-likeness (QED) is 0.841. The van der Waals surface area contributed by atoms with Gasteiger partial charge in [-0.3, -0.25) is 9.36 Å². The van der Waals surface area contributed by atoms with Crippen LogP contribution >= 0.6 is 0 Å². The molecule has 1 aliphatic heterocycles. The zero-order valence-electron chi connectivity index (χ0n) is 12.9. The molecule has 1 aromatic carbocycles. The van der Waals surface area contributed by atoms with Crippen molar-refractivity contribution >= 4 is 17.0 Å². The van der Waals surface area contributed by atoms with Gasteiger partial charge in [0, 0.05) is 19.7 Å². The molecule has 23 heavy (non-hydrogen) atoms. The van der Waals surface area contributed by atoms with Crippen molar-refractivity contribution in [1.82, 2.24) is 9.47 Å². The number of carbonyl (C=O) groups excluding carboxylic acids is 1. The lowest BCUT2D eigenvalue weighted by Gasteiger charge is -2.17. The van der Waals surface area contributed by atoms with Crippen LogP contribution in [0.2, 0.25) is 0 Å². The molecule has 0 N–H and O–H groups in total. The topological polar surface area (TPSA) is 64.7 Å². The van der Waals surface area contributed by atoms with Crippen molar-refractivity contribution in [2.45, 2.75) is 31.9 Å². The lowest BCUT2D eigenvalue weighted by molar-refractivity contribution is -0.131. The van der Waals surface area contributed by atoms with Crippen molar-refractivity contribution in [3.8, 4) is 0 Å². The number of ether oxygens (including phenoxy) is 1. The minimum Gasteiger partial charge on any atom is -0.408 e. The lowest BCUT2D eigenvalue weighted by Crippen LogP contribution is -2.35. The maximum atomic E-state index is 12.5. The molecule has 2 aliphatic rings. The van der Waals surface area contributed by atoms with Crippen LogP contribution in [0, 0.1) is 5.92 Å². The van der Waals surface area contributed by atoms with E-state index in [0.717, 1.165) is 18.9 Å². The Kier molecular flexibility index (Phi) is 3.69. The van der Waals surface area contributed by atoms with Crippen molar-refractivity contribution in [3.05, 3.63) is 34.8 Å². The molecule has 1 saturated heterocycles. The van der Waals surface area contributed by atoms with Gasteiger partial charge in [0.15, 0.2) is 5.58 Å². The minimum atomic E-state index is -0.486. The number of amides is 1. The molecule has 1 amide bonds. The molecule has 2 aromatic rings. The van der Waals surface area contributed by atoms with Gasteiger partial charge in [0.2, 0.25) is 5.91 Å². The van der Waals surface area contributed by atoms with E-state index in [1.807, 2.05) is 6.07 Å². The number of oxazole rings is 1. The van der Waals surface area contributed by atoms with Gasteiger partial charge in [0.05, 0.1) is 11.6 Å². The van der Waals surface area contributed by atoms with Crippen LogP contribution in [-0.2, 0) is 16.1 Å². The summed E-state index contributed by atoms with van der Waals surface area (Å²) in [5.41, 5.74) is 1.17. The van der Waals surface area contributed by atoms with Crippen molar-refractivity contribution < 1.29 is 13.9 Å². The van der Waals surface area contributed by atoms with Crippen molar-refractivity contribution in [3.63, 3.8) is 0 Å². The number of benzene rings is 1. The van der Waals surface area contributed by atoms with Crippen LogP contribution in [0.3, 0.4) is 0 Å². The molecule has 1 atom stereocenters. The average Bonchev–Trinajstić information content (AvgIpc) is 3.17. The number of hydrogen-bond donors (Lipinski definition) is 0. The van der Waals surface area contributed by atoms with E-state index in [2.05, 4.69) is 0 Å². The maximum Gasteiger partial charge on any atom is 0.420 e. The molecular formula is C17H20N2O4. The predicted molar refractivity (Wildman–Crippen MR) is 84.1 cm³/mol. The minimum absolute atomic E-state index is 0.0190. The fourth-order valence-corrected chi connectivity index (χ4v) is 3.05. The van der Waals surface area contributed by atoms with Crippen LogP contribution in [-0.4, -0.2) is 41.2 Å². The summed E-state index contributed by atoms with van der Waals surface area (Å²) in [6.07, 6.45) is 3.55. The zero-order valence-corrected chi connectivity index (χ0v) is 12.9. The number of rotatable bonds is 5. The Bertz CT molecular complexity index is 774. The van der Waals surface area contributed by atoms with Crippen molar-refractivity contribution in [2.24, 2.45) is 5.92 Å². The summed E-state index contributed by atoms with van der Waals surface area (Å²) >= 11 is 0. The Morgan fingerprint density at radius 3 is 2.91 bits per heavy atom. The highest BCUT2D eigenvalue weighted by molar-refractivity contribution is 5.79. The number of fused-ring (bicyclic) bond motifs is 1. The van der Waals surface area contributed by atoms with Crippen molar-refractivity contribution in [1.29, 1.82) is 0 Å². The summed E-state index contributed by atoms with van der Waals surface area (Å²) in [5, 5.41) is 0. The maximum absolute atomic E-state index is 12.5. The van der Waals surface area contributed by atoms with E-state index in [1.54, 1.807) is 23.1 Å². The van der Waals surface area contributed by atoms with Crippen LogP contribution in [0.15, 0.2) is 33.5 Å². The van der Waals surface area contributed by atoms with Crippen LogP contribution in [0.1, 0.15) is 19.3 Å². The molecule has 0 bridgehead atoms. The Balaban J connectivity index is 1.41. The van der Waals surface area contributed by atoms with Gasteiger partial charge in [-0.05, 0) is 37.3 Å². The molecule has 1 aromatic heterocycles. The molecular weight excluding hydrogens is 296 g/mol. The summed E-state index contributed by atoms with van der Waals surface area (Å²) in [5.74, 6) is 0.187. The Morgan fingerprint density at radius 1 is 1.26 bits per heavy atom. The Hall–Kier alpha value is -2.08. The summed E-state index contributed by atoms with van der Waals surface area (Å²) in [7, 11) is 0. The number of likely N-dealkylation sites (tertiary alicyclic amines) is 1. The first-order valence-corrected chi connectivity index (χ1v) is 8.18. The van der Waals surface area contributed by atoms with E-state index >= 15 is 0 Å². The van der Waals surface area contributed by atoms with Gasteiger partial charge in [0.25, 0.3) is 0 Å². The van der Waals surface area contributed by atoms with Gasteiger partial charge in [0.1, 0.15) is 6.54 Å². The van der Waals surface area contributed by atoms with Crippen LogP contribution in [0.25, 0.3) is 11.1 Å². The third-order valence-electron chi connectivity index (χ3n) is 4.63. The third-order valence-corrected chi connectivity index (χ3v) is 4.63. The molecule has 1 aliphatic carbocycles. The van der Waals surface area contributed by atoms with Gasteiger partial charge in [-0.25, -0.2) is 4.79 Å². The average molecular weight is 316 g/mol. The fraction of sp³-hybridized carbons (Fsp3) is 0.529. The SMILES string of the molecule is O=C(Cn1c(=O)oc2ccccc21)N1CCC(OCC2CC2)C1. The predicted octanol–water partition coefficient (Wildman–Crippen LogP) is 1.62. The molecule has 1 unspecified atom stereocenters. The van der Waals surface area contributed by atoms with Crippen molar-refractivity contribution in [2.75, 3.05) is 19.7 Å². The summed E-state index contributed by atoms with van der Waals surface area (Å²) in [6, 6.07) is 7.16. The van der Waals surface area contributed by atoms with E-state index in [0.29, 0.717) is 24.2 Å². The highest BCUT2D eigenvalue weighted by atomic mass is 16.5. The molecule has 6 heteroatoms. The van der Waals surface area contributed by atoms with E-state index in [9.17, 15) is 9.59 Å². The first-order chi connectivity index (χ1) is 11.2. The standard InChI is InChI=1S/C17H20N2O4/c20-16(18-8-7-13(9-18)22-11-12-5-6-12)10-19-14-3-1-2-4-15(14)23-17(19)21/h1-4,12-13H,5-11H2. The van der Waals surface area contributed by atoms with Gasteiger partial charge >= 0.3 is 5.76 Å². The zero-order chi connectivity index (χ0) is 15.8. The van der Waals surface area contributed by atoms with Gasteiger partial charge in [-0.2, -0.15) is 0 Å². The number of para-hydroxylation sites is 2. The second-order valence-corrected chi connectivity index (χ2v) is 6.45. The summed E-state index contributed by atoms with van der Waals surface area (Å²) in [4.78, 5) is 26.2. The fourth-order valence-electron chi connectivity index (χ4n) is 3.05. The number of aromatic nitrogens is 1. The Morgan fingerprint density at radius 2 is 2.09 bits per heavy atom. The number of nitrogens with zero attached hydrogens (tertiary/aromatic N) is 2. The van der Waals surface area contributed by atoms with E-state index in [4.69, 9.17) is 9.15 Å². The van der Waals surface area contributed by atoms with Gasteiger partial charge in [-0.1, -0.05) is 12.1 Å². The normalized spacial score (nSPS) is 21.2. The summed E-state index contributed by atoms with van der Waals surface area (Å²) in [6.45, 7) is 2.15. The highest BCUT2D eigenvalue weighted by Gasteiger charge is 2.30. The van der Waals surface area contributed by atoms with Gasteiger partial charge in [-0.15, -0.1) is 0 Å². The lowest BCUT2D eigenvalue weighted by atomic mass is 10.3. The molecule has 2 heterocycles. The van der Waals surface area contributed by atoms with Crippen LogP contribution in [0.5, 0.6) is 0 Å². The molecule has 6 nitrogen and oxygen atoms in total. The Labute approximate surface area is 133 Å². The molecule has 4 rings (SSSR count). The number of carbonyl (C=O) groups is 1. The molecule has 2 fully saturated rings. The monoisotopic (exact) mass is 316 g/mol. The summed E-state index contributed by atoms with van der Waals surface area (Å²) < 4.78 is 12.4. The first-order valence-electron chi connectivity index (χ1n) is 8.18. The molecule has 122 valence electrons. The third kappa shape index (κ3) is 3.03. The van der Waals surface area contributed by atoms with Crippen LogP contribution < -0.4 is 5.76 Å². The van der Waals surface area contributed by atoms with E-state index in [-0.39, 0.29) is 18.6 Å². The highest BCUT2D eigenvalue weighted by Crippen LogP contribution is 2.30. The first kappa shape index (κ1) is 14.5. The molecule has 0 radical (unpaired) electrons. The second-order valence-electron chi connectivity index (χ2n) is 6.45. The van der Waals surface area contributed by atoms with Crippen LogP contribution in [0.4, 0.5) is 0 Å². The largest absolute Gasteiger partial charge is 0.420 e. The number of hydrogen-bond acceptors (Lipinski definition) is 4.